The highest BCUT2D eigenvalue weighted by atomic mass is 127. The van der Waals surface area contributed by atoms with Crippen LogP contribution in [0, 0.1) is 7.14 Å². The molecule has 0 aliphatic heterocycles. The Morgan fingerprint density at radius 3 is 2.50 bits per heavy atom. The van der Waals surface area contributed by atoms with Gasteiger partial charge in [0, 0.05) is 13.1 Å². The maximum absolute atomic E-state index is 2.45. The van der Waals surface area contributed by atoms with E-state index in [4.69, 9.17) is 0 Å². The fourth-order valence-corrected chi connectivity index (χ4v) is 4.00. The van der Waals surface area contributed by atoms with Crippen molar-refractivity contribution in [2.24, 2.45) is 0 Å². The van der Waals surface area contributed by atoms with Crippen LogP contribution in [0.5, 0.6) is 0 Å². The summed E-state index contributed by atoms with van der Waals surface area (Å²) in [6, 6.07) is 15.2. The third-order valence-corrected chi connectivity index (χ3v) is 5.36. The average Bonchev–Trinajstić information content (AvgIpc) is 2.77. The number of halogens is 2. The minimum atomic E-state index is 0.531. The van der Waals surface area contributed by atoms with Crippen LogP contribution < -0.4 is 0 Å². The van der Waals surface area contributed by atoms with Gasteiger partial charge in [-0.05, 0) is 80.4 Å². The highest BCUT2D eigenvalue weighted by Crippen LogP contribution is 2.36. The zero-order chi connectivity index (χ0) is 12.5. The minimum Gasteiger partial charge on any atom is -0.0760 e. The first kappa shape index (κ1) is 12.7. The first-order valence-corrected chi connectivity index (χ1v) is 8.11. The summed E-state index contributed by atoms with van der Waals surface area (Å²) in [5.74, 6) is 0.531. The monoisotopic (exact) mass is 458 g/mol. The molecule has 0 spiro atoms. The van der Waals surface area contributed by atoms with Gasteiger partial charge in [-0.2, -0.15) is 0 Å². The van der Waals surface area contributed by atoms with Gasteiger partial charge in [0.15, 0.2) is 0 Å². The van der Waals surface area contributed by atoms with Gasteiger partial charge in [-0.3, -0.25) is 0 Å². The summed E-state index contributed by atoms with van der Waals surface area (Å²) >= 11 is 4.88. The van der Waals surface area contributed by atoms with Gasteiger partial charge in [0.05, 0.1) is 0 Å². The van der Waals surface area contributed by atoms with Crippen LogP contribution in [0.1, 0.15) is 22.6 Å². The van der Waals surface area contributed by atoms with Crippen LogP contribution in [0.15, 0.2) is 48.5 Å². The number of rotatable bonds is 2. The molecule has 18 heavy (non-hydrogen) atoms. The summed E-state index contributed by atoms with van der Waals surface area (Å²) in [6.07, 6.45) is 5.70. The topological polar surface area (TPSA) is 0 Å². The quantitative estimate of drug-likeness (QED) is 0.540. The molecule has 0 amide bonds. The molecular formula is C16H12I2. The summed E-state index contributed by atoms with van der Waals surface area (Å²) in [5, 5.41) is 0. The van der Waals surface area contributed by atoms with Gasteiger partial charge in [-0.15, -0.1) is 0 Å². The zero-order valence-corrected chi connectivity index (χ0v) is 14.1. The molecular weight excluding hydrogens is 446 g/mol. The first-order chi connectivity index (χ1) is 8.75. The molecule has 3 rings (SSSR count). The molecule has 1 unspecified atom stereocenters. The number of fused-ring (bicyclic) bond motifs is 1. The SMILES string of the molecule is Ic1ccccc1CC1C=Cc2cccc(I)c21. The van der Waals surface area contributed by atoms with Crippen LogP contribution in [0.25, 0.3) is 6.08 Å². The summed E-state index contributed by atoms with van der Waals surface area (Å²) in [5.41, 5.74) is 4.33. The van der Waals surface area contributed by atoms with E-state index in [9.17, 15) is 0 Å². The van der Waals surface area contributed by atoms with Crippen molar-refractivity contribution in [3.8, 4) is 0 Å². The Morgan fingerprint density at radius 1 is 0.889 bits per heavy atom. The van der Waals surface area contributed by atoms with Crippen molar-refractivity contribution >= 4 is 51.3 Å². The smallest absolute Gasteiger partial charge is 0.0174 e. The van der Waals surface area contributed by atoms with Gasteiger partial charge in [0.2, 0.25) is 0 Å². The Bertz CT molecular complexity index is 614. The molecule has 1 aliphatic carbocycles. The molecule has 2 aromatic rings. The molecule has 1 aliphatic rings. The molecule has 0 saturated carbocycles. The van der Waals surface area contributed by atoms with Crippen LogP contribution >= 0.6 is 45.2 Å². The van der Waals surface area contributed by atoms with Crippen LogP contribution in [0.3, 0.4) is 0 Å². The van der Waals surface area contributed by atoms with Gasteiger partial charge < -0.3 is 0 Å². The van der Waals surface area contributed by atoms with Gasteiger partial charge in [-0.25, -0.2) is 0 Å². The van der Waals surface area contributed by atoms with Crippen molar-refractivity contribution in [2.45, 2.75) is 12.3 Å². The molecule has 0 saturated heterocycles. The lowest BCUT2D eigenvalue weighted by Gasteiger charge is -2.14. The van der Waals surface area contributed by atoms with E-state index < -0.39 is 0 Å². The van der Waals surface area contributed by atoms with Crippen LogP contribution in [0.4, 0.5) is 0 Å². The normalized spacial score (nSPS) is 16.9. The summed E-state index contributed by atoms with van der Waals surface area (Å²) in [4.78, 5) is 0. The summed E-state index contributed by atoms with van der Waals surface area (Å²) in [6.45, 7) is 0. The fourth-order valence-electron chi connectivity index (χ4n) is 2.48. The van der Waals surface area contributed by atoms with Crippen molar-refractivity contribution in [3.05, 3.63) is 72.4 Å². The predicted octanol–water partition coefficient (Wildman–Crippen LogP) is 5.25. The molecule has 2 aromatic carbocycles. The van der Waals surface area contributed by atoms with Crippen molar-refractivity contribution in [2.75, 3.05) is 0 Å². The van der Waals surface area contributed by atoms with E-state index >= 15 is 0 Å². The number of benzene rings is 2. The molecule has 90 valence electrons. The second-order valence-electron chi connectivity index (χ2n) is 4.50. The maximum atomic E-state index is 2.45. The molecule has 0 fully saturated rings. The number of hydrogen-bond acceptors (Lipinski definition) is 0. The van der Waals surface area contributed by atoms with Gasteiger partial charge in [0.1, 0.15) is 0 Å². The molecule has 2 heteroatoms. The second-order valence-corrected chi connectivity index (χ2v) is 6.83. The third-order valence-electron chi connectivity index (χ3n) is 3.36. The van der Waals surface area contributed by atoms with Crippen molar-refractivity contribution in [1.82, 2.24) is 0 Å². The molecule has 0 N–H and O–H groups in total. The largest absolute Gasteiger partial charge is 0.0760 e. The number of hydrogen-bond donors (Lipinski definition) is 0. The first-order valence-electron chi connectivity index (χ1n) is 5.96. The van der Waals surface area contributed by atoms with Gasteiger partial charge in [0.25, 0.3) is 0 Å². The van der Waals surface area contributed by atoms with E-state index in [2.05, 4.69) is 99.8 Å². The maximum Gasteiger partial charge on any atom is 0.0174 e. The van der Waals surface area contributed by atoms with Crippen LogP contribution in [0.2, 0.25) is 0 Å². The molecule has 0 radical (unpaired) electrons. The summed E-state index contributed by atoms with van der Waals surface area (Å²) < 4.78 is 2.74. The third kappa shape index (κ3) is 2.37. The summed E-state index contributed by atoms with van der Waals surface area (Å²) in [7, 11) is 0. The van der Waals surface area contributed by atoms with E-state index in [0.717, 1.165) is 6.42 Å². The fraction of sp³-hybridized carbons (Fsp3) is 0.125. The van der Waals surface area contributed by atoms with E-state index in [1.165, 1.54) is 23.8 Å². The Hall–Kier alpha value is -0.360. The molecule has 0 bridgehead atoms. The lowest BCUT2D eigenvalue weighted by molar-refractivity contribution is 0.841. The lowest BCUT2D eigenvalue weighted by Crippen LogP contribution is -2.02. The zero-order valence-electron chi connectivity index (χ0n) is 9.74. The minimum absolute atomic E-state index is 0.531. The Kier molecular flexibility index (Phi) is 3.75. The molecule has 1 atom stereocenters. The second kappa shape index (κ2) is 5.33. The van der Waals surface area contributed by atoms with E-state index in [-0.39, 0.29) is 0 Å². The Labute approximate surface area is 135 Å². The highest BCUT2D eigenvalue weighted by Gasteiger charge is 2.20. The van der Waals surface area contributed by atoms with Crippen molar-refractivity contribution in [3.63, 3.8) is 0 Å². The lowest BCUT2D eigenvalue weighted by atomic mass is 9.94. The van der Waals surface area contributed by atoms with Crippen molar-refractivity contribution < 1.29 is 0 Å². The predicted molar refractivity (Wildman–Crippen MR) is 93.8 cm³/mol. The standard InChI is InChI=1S/C16H12I2/c17-14-6-2-1-4-12(14)10-13-9-8-11-5-3-7-15(18)16(11)13/h1-9,13H,10H2. The number of allylic oxidation sites excluding steroid dienone is 1. The molecule has 0 nitrogen and oxygen atoms in total. The van der Waals surface area contributed by atoms with E-state index in [1.54, 1.807) is 0 Å². The Morgan fingerprint density at radius 2 is 1.67 bits per heavy atom. The molecule has 0 heterocycles. The molecule has 0 aromatic heterocycles. The average molecular weight is 458 g/mol. The van der Waals surface area contributed by atoms with Crippen LogP contribution in [-0.4, -0.2) is 0 Å². The van der Waals surface area contributed by atoms with Gasteiger partial charge in [-0.1, -0.05) is 42.5 Å². The van der Waals surface area contributed by atoms with Crippen LogP contribution in [-0.2, 0) is 6.42 Å². The highest BCUT2D eigenvalue weighted by molar-refractivity contribution is 14.1. The van der Waals surface area contributed by atoms with E-state index in [0.29, 0.717) is 5.92 Å². The van der Waals surface area contributed by atoms with E-state index in [1.807, 2.05) is 0 Å². The van der Waals surface area contributed by atoms with Crippen molar-refractivity contribution in [1.29, 1.82) is 0 Å². The Balaban J connectivity index is 1.94. The van der Waals surface area contributed by atoms with Gasteiger partial charge >= 0.3 is 0 Å².